The van der Waals surface area contributed by atoms with Crippen LogP contribution >= 0.6 is 11.6 Å². The van der Waals surface area contributed by atoms with Crippen LogP contribution in [0, 0.1) is 12.8 Å². The molecule has 0 aliphatic rings. The fraction of sp³-hybridized carbons (Fsp3) is 0.600. The van der Waals surface area contributed by atoms with Gasteiger partial charge in [-0.05, 0) is 31.4 Å². The van der Waals surface area contributed by atoms with E-state index >= 15 is 0 Å². The minimum absolute atomic E-state index is 0.428. The maximum Gasteiger partial charge on any atom is 0.160 e. The Morgan fingerprint density at radius 3 is 2.58 bits per heavy atom. The van der Waals surface area contributed by atoms with Gasteiger partial charge in [0.15, 0.2) is 5.65 Å². The zero-order valence-electron chi connectivity index (χ0n) is 12.2. The number of halogens is 1. The summed E-state index contributed by atoms with van der Waals surface area (Å²) in [5.41, 5.74) is 3.01. The quantitative estimate of drug-likeness (QED) is 0.771. The molecule has 0 amide bonds. The Kier molecular flexibility index (Phi) is 4.46. The number of aromatic nitrogens is 3. The van der Waals surface area contributed by atoms with Gasteiger partial charge in [-0.1, -0.05) is 20.8 Å². The molecule has 1 unspecified atom stereocenters. The molecule has 2 heterocycles. The number of pyridine rings is 1. The summed E-state index contributed by atoms with van der Waals surface area (Å²) in [6.45, 7) is 8.74. The van der Waals surface area contributed by atoms with Crippen molar-refractivity contribution in [3.05, 3.63) is 23.7 Å². The third kappa shape index (κ3) is 2.76. The van der Waals surface area contributed by atoms with E-state index < -0.39 is 0 Å². The van der Waals surface area contributed by atoms with Crippen LogP contribution in [0.5, 0.6) is 0 Å². The molecule has 0 aromatic carbocycles. The van der Waals surface area contributed by atoms with Crippen molar-refractivity contribution in [3.8, 4) is 0 Å². The third-order valence-corrected chi connectivity index (χ3v) is 3.78. The maximum absolute atomic E-state index is 5.92. The van der Waals surface area contributed by atoms with Gasteiger partial charge in [-0.2, -0.15) is 0 Å². The Bertz CT molecular complexity index is 560. The average Bonchev–Trinajstić information content (AvgIpc) is 2.69. The first-order valence-corrected chi connectivity index (χ1v) is 7.52. The predicted octanol–water partition coefficient (Wildman–Crippen LogP) is 4.13. The van der Waals surface area contributed by atoms with Crippen molar-refractivity contribution in [2.75, 3.05) is 5.88 Å². The zero-order chi connectivity index (χ0) is 14.0. The molecule has 104 valence electrons. The SMILES string of the molecule is CCC(C(C)C)n1c(CCCl)nc2ccc(C)nc21. The number of nitrogens with zero attached hydrogens (tertiary/aromatic N) is 3. The highest BCUT2D eigenvalue weighted by molar-refractivity contribution is 6.17. The lowest BCUT2D eigenvalue weighted by atomic mass is 10.0. The van der Waals surface area contributed by atoms with E-state index in [9.17, 15) is 0 Å². The summed E-state index contributed by atoms with van der Waals surface area (Å²) in [5, 5.41) is 0. The largest absolute Gasteiger partial charge is 0.309 e. The van der Waals surface area contributed by atoms with Crippen molar-refractivity contribution in [2.45, 2.75) is 46.6 Å². The summed E-state index contributed by atoms with van der Waals surface area (Å²) >= 11 is 5.92. The Labute approximate surface area is 120 Å². The van der Waals surface area contributed by atoms with Crippen LogP contribution in [0.25, 0.3) is 11.2 Å². The molecule has 4 heteroatoms. The molecule has 3 nitrogen and oxygen atoms in total. The van der Waals surface area contributed by atoms with Crippen LogP contribution in [0.15, 0.2) is 12.1 Å². The predicted molar refractivity (Wildman–Crippen MR) is 80.9 cm³/mol. The molecule has 0 spiro atoms. The Morgan fingerprint density at radius 1 is 1.26 bits per heavy atom. The molecule has 0 bridgehead atoms. The first-order valence-electron chi connectivity index (χ1n) is 6.98. The van der Waals surface area contributed by atoms with E-state index in [1.807, 2.05) is 13.0 Å². The molecular formula is C15H22ClN3. The Morgan fingerprint density at radius 2 is 2.00 bits per heavy atom. The van der Waals surface area contributed by atoms with Crippen LogP contribution in [0.4, 0.5) is 0 Å². The summed E-state index contributed by atoms with van der Waals surface area (Å²) in [7, 11) is 0. The summed E-state index contributed by atoms with van der Waals surface area (Å²) in [4.78, 5) is 9.40. The second-order valence-electron chi connectivity index (χ2n) is 5.35. The van der Waals surface area contributed by atoms with Gasteiger partial charge in [0.1, 0.15) is 11.3 Å². The van der Waals surface area contributed by atoms with Crippen LogP contribution in [0.1, 0.15) is 44.8 Å². The van der Waals surface area contributed by atoms with E-state index in [1.165, 1.54) is 0 Å². The molecule has 0 saturated carbocycles. The molecule has 0 radical (unpaired) electrons. The minimum atomic E-state index is 0.428. The number of aryl methyl sites for hydroxylation is 2. The first kappa shape index (κ1) is 14.3. The van der Waals surface area contributed by atoms with Crippen LogP contribution in [0.2, 0.25) is 0 Å². The van der Waals surface area contributed by atoms with Gasteiger partial charge in [0, 0.05) is 24.0 Å². The van der Waals surface area contributed by atoms with Gasteiger partial charge in [-0.25, -0.2) is 9.97 Å². The topological polar surface area (TPSA) is 30.7 Å². The smallest absolute Gasteiger partial charge is 0.160 e. The Balaban J connectivity index is 2.65. The molecule has 19 heavy (non-hydrogen) atoms. The van der Waals surface area contributed by atoms with Gasteiger partial charge in [-0.15, -0.1) is 11.6 Å². The molecule has 0 saturated heterocycles. The minimum Gasteiger partial charge on any atom is -0.309 e. The van der Waals surface area contributed by atoms with E-state index in [4.69, 9.17) is 16.6 Å². The zero-order valence-corrected chi connectivity index (χ0v) is 12.9. The number of rotatable bonds is 5. The maximum atomic E-state index is 5.92. The normalized spacial score (nSPS) is 13.4. The lowest BCUT2D eigenvalue weighted by molar-refractivity contribution is 0.363. The van der Waals surface area contributed by atoms with Crippen molar-refractivity contribution in [3.63, 3.8) is 0 Å². The summed E-state index contributed by atoms with van der Waals surface area (Å²) in [5.74, 6) is 2.21. The van der Waals surface area contributed by atoms with E-state index in [2.05, 4.69) is 36.4 Å². The molecule has 2 rings (SSSR count). The molecule has 1 atom stereocenters. The van der Waals surface area contributed by atoms with E-state index in [0.29, 0.717) is 17.8 Å². The summed E-state index contributed by atoms with van der Waals surface area (Å²) < 4.78 is 2.30. The molecule has 0 aliphatic carbocycles. The fourth-order valence-electron chi connectivity index (χ4n) is 2.68. The molecule has 0 N–H and O–H groups in total. The third-order valence-electron chi connectivity index (χ3n) is 3.59. The van der Waals surface area contributed by atoms with Crippen LogP contribution in [-0.4, -0.2) is 20.4 Å². The van der Waals surface area contributed by atoms with Crippen molar-refractivity contribution in [1.29, 1.82) is 0 Å². The number of fused-ring (bicyclic) bond motifs is 1. The second-order valence-corrected chi connectivity index (χ2v) is 5.73. The van der Waals surface area contributed by atoms with E-state index in [1.54, 1.807) is 0 Å². The second kappa shape index (κ2) is 5.91. The standard InChI is InChI=1S/C15H22ClN3/c1-5-13(10(2)3)19-14(8-9-16)18-12-7-6-11(4)17-15(12)19/h6-7,10,13H,5,8-9H2,1-4H3. The lowest BCUT2D eigenvalue weighted by Gasteiger charge is -2.23. The van der Waals surface area contributed by atoms with Gasteiger partial charge in [0.2, 0.25) is 0 Å². The fourth-order valence-corrected chi connectivity index (χ4v) is 2.85. The summed E-state index contributed by atoms with van der Waals surface area (Å²) in [6, 6.07) is 4.50. The molecule has 0 fully saturated rings. The van der Waals surface area contributed by atoms with Crippen LogP contribution < -0.4 is 0 Å². The average molecular weight is 280 g/mol. The van der Waals surface area contributed by atoms with Gasteiger partial charge < -0.3 is 4.57 Å². The van der Waals surface area contributed by atoms with Crippen molar-refractivity contribution in [1.82, 2.24) is 14.5 Å². The molecule has 2 aromatic rings. The number of hydrogen-bond donors (Lipinski definition) is 0. The highest BCUT2D eigenvalue weighted by atomic mass is 35.5. The van der Waals surface area contributed by atoms with Gasteiger partial charge in [0.25, 0.3) is 0 Å². The summed E-state index contributed by atoms with van der Waals surface area (Å²) in [6.07, 6.45) is 1.87. The van der Waals surface area contributed by atoms with Gasteiger partial charge in [-0.3, -0.25) is 0 Å². The highest BCUT2D eigenvalue weighted by Crippen LogP contribution is 2.28. The van der Waals surface area contributed by atoms with Crippen molar-refractivity contribution in [2.24, 2.45) is 5.92 Å². The van der Waals surface area contributed by atoms with Crippen LogP contribution in [0.3, 0.4) is 0 Å². The van der Waals surface area contributed by atoms with Crippen molar-refractivity contribution < 1.29 is 0 Å². The first-order chi connectivity index (χ1) is 9.08. The van der Waals surface area contributed by atoms with Crippen molar-refractivity contribution >= 4 is 22.8 Å². The molecule has 2 aromatic heterocycles. The molecular weight excluding hydrogens is 258 g/mol. The number of alkyl halides is 1. The Hall–Kier alpha value is -1.09. The number of hydrogen-bond acceptors (Lipinski definition) is 2. The van der Waals surface area contributed by atoms with Gasteiger partial charge >= 0.3 is 0 Å². The van der Waals surface area contributed by atoms with Crippen LogP contribution in [-0.2, 0) is 6.42 Å². The highest BCUT2D eigenvalue weighted by Gasteiger charge is 2.21. The number of imidazole rings is 1. The van der Waals surface area contributed by atoms with E-state index in [0.717, 1.165) is 35.5 Å². The monoisotopic (exact) mass is 279 g/mol. The molecule has 0 aliphatic heterocycles. The van der Waals surface area contributed by atoms with Gasteiger partial charge in [0.05, 0.1) is 0 Å². The van der Waals surface area contributed by atoms with E-state index in [-0.39, 0.29) is 0 Å². The lowest BCUT2D eigenvalue weighted by Crippen LogP contribution is -2.18.